The summed E-state index contributed by atoms with van der Waals surface area (Å²) < 4.78 is 14.0. The lowest BCUT2D eigenvalue weighted by Crippen LogP contribution is -1.98. The highest BCUT2D eigenvalue weighted by Crippen LogP contribution is 2.32. The Balaban J connectivity index is 0.000000606. The highest BCUT2D eigenvalue weighted by Gasteiger charge is 2.23. The van der Waals surface area contributed by atoms with Gasteiger partial charge in [0.25, 0.3) is 0 Å². The summed E-state index contributed by atoms with van der Waals surface area (Å²) in [4.78, 5) is 0. The minimum Gasteiger partial charge on any atom is -0.206 e. The lowest BCUT2D eigenvalue weighted by atomic mass is 9.97. The van der Waals surface area contributed by atoms with Gasteiger partial charge >= 0.3 is 0 Å². The van der Waals surface area contributed by atoms with Gasteiger partial charge in [0.05, 0.1) is 0 Å². The second-order valence-corrected chi connectivity index (χ2v) is 4.77. The fourth-order valence-electron chi connectivity index (χ4n) is 2.33. The van der Waals surface area contributed by atoms with E-state index in [1.165, 1.54) is 5.56 Å². The Kier molecular flexibility index (Phi) is 4.52. The summed E-state index contributed by atoms with van der Waals surface area (Å²) in [7, 11) is 0. The summed E-state index contributed by atoms with van der Waals surface area (Å²) in [6.45, 7) is 10.3. The van der Waals surface area contributed by atoms with Crippen LogP contribution in [0, 0.1) is 11.7 Å². The van der Waals surface area contributed by atoms with Crippen molar-refractivity contribution >= 4 is 0 Å². The van der Waals surface area contributed by atoms with Crippen molar-refractivity contribution in [1.82, 2.24) is 0 Å². The number of fused-ring (bicyclic) bond motifs is 1. The number of hydrogen-bond acceptors (Lipinski definition) is 0. The summed E-state index contributed by atoms with van der Waals surface area (Å²) in [5, 5.41) is 0. The molecule has 1 heteroatoms. The number of halogens is 1. The molecule has 2 rings (SSSR count). The fourth-order valence-corrected chi connectivity index (χ4v) is 2.33. The predicted molar refractivity (Wildman–Crippen MR) is 68.4 cm³/mol. The van der Waals surface area contributed by atoms with Crippen LogP contribution >= 0.6 is 0 Å². The Labute approximate surface area is 98.9 Å². The summed E-state index contributed by atoms with van der Waals surface area (Å²) in [6.07, 6.45) is 1.96. The SMILES string of the molecule is CC.CC1Cc2ccc(C(C)C)c(F)c2C1. The van der Waals surface area contributed by atoms with E-state index in [9.17, 15) is 4.39 Å². The molecule has 0 saturated carbocycles. The van der Waals surface area contributed by atoms with E-state index in [1.807, 2.05) is 33.8 Å². The average Bonchev–Trinajstić information content (AvgIpc) is 2.62. The minimum absolute atomic E-state index is 0.0573. The van der Waals surface area contributed by atoms with Gasteiger partial charge in [-0.15, -0.1) is 0 Å². The fraction of sp³-hybridized carbons (Fsp3) is 0.600. The van der Waals surface area contributed by atoms with Crippen LogP contribution in [0.3, 0.4) is 0 Å². The summed E-state index contributed by atoms with van der Waals surface area (Å²) in [6, 6.07) is 4.06. The Morgan fingerprint density at radius 3 is 2.38 bits per heavy atom. The van der Waals surface area contributed by atoms with Crippen molar-refractivity contribution in [2.75, 3.05) is 0 Å². The van der Waals surface area contributed by atoms with Crippen molar-refractivity contribution in [3.05, 3.63) is 34.6 Å². The molecular weight excluding hydrogens is 199 g/mol. The van der Waals surface area contributed by atoms with Crippen LogP contribution in [0.25, 0.3) is 0 Å². The molecule has 0 heterocycles. The minimum atomic E-state index is 0.0573. The molecule has 16 heavy (non-hydrogen) atoms. The van der Waals surface area contributed by atoms with Crippen molar-refractivity contribution in [3.8, 4) is 0 Å². The molecule has 0 spiro atoms. The maximum Gasteiger partial charge on any atom is 0.130 e. The van der Waals surface area contributed by atoms with E-state index in [4.69, 9.17) is 0 Å². The molecule has 1 unspecified atom stereocenters. The van der Waals surface area contributed by atoms with Crippen LogP contribution in [0.15, 0.2) is 12.1 Å². The highest BCUT2D eigenvalue weighted by atomic mass is 19.1. The lowest BCUT2D eigenvalue weighted by molar-refractivity contribution is 0.569. The summed E-state index contributed by atoms with van der Waals surface area (Å²) >= 11 is 0. The van der Waals surface area contributed by atoms with Gasteiger partial charge in [-0.05, 0) is 41.4 Å². The van der Waals surface area contributed by atoms with E-state index in [1.54, 1.807) is 0 Å². The van der Waals surface area contributed by atoms with Crippen LogP contribution in [0.2, 0.25) is 0 Å². The van der Waals surface area contributed by atoms with Crippen molar-refractivity contribution in [2.24, 2.45) is 5.92 Å². The number of hydrogen-bond donors (Lipinski definition) is 0. The quantitative estimate of drug-likeness (QED) is 0.645. The van der Waals surface area contributed by atoms with Gasteiger partial charge in [-0.1, -0.05) is 46.8 Å². The monoisotopic (exact) mass is 222 g/mol. The standard InChI is InChI=1S/C13H17F.C2H6/c1-8(2)11-5-4-10-6-9(3)7-12(10)13(11)14;1-2/h4-5,8-9H,6-7H2,1-3H3;1-2H3. The maximum atomic E-state index is 14.0. The number of benzene rings is 1. The largest absolute Gasteiger partial charge is 0.206 e. The smallest absolute Gasteiger partial charge is 0.130 e. The molecule has 1 aliphatic rings. The normalized spacial score (nSPS) is 18.1. The highest BCUT2D eigenvalue weighted by molar-refractivity contribution is 5.38. The molecule has 90 valence electrons. The molecule has 0 aromatic heterocycles. The van der Waals surface area contributed by atoms with Crippen molar-refractivity contribution < 1.29 is 4.39 Å². The molecule has 0 fully saturated rings. The van der Waals surface area contributed by atoms with Gasteiger partial charge < -0.3 is 0 Å². The van der Waals surface area contributed by atoms with Crippen LogP contribution < -0.4 is 0 Å². The zero-order chi connectivity index (χ0) is 12.3. The maximum absolute atomic E-state index is 14.0. The molecule has 0 radical (unpaired) electrons. The molecule has 0 nitrogen and oxygen atoms in total. The third-order valence-corrected chi connectivity index (χ3v) is 3.11. The van der Waals surface area contributed by atoms with Gasteiger partial charge in [0.2, 0.25) is 0 Å². The van der Waals surface area contributed by atoms with Gasteiger partial charge in [0.1, 0.15) is 5.82 Å². The second kappa shape index (κ2) is 5.47. The third kappa shape index (κ3) is 2.45. The first kappa shape index (κ1) is 13.2. The average molecular weight is 222 g/mol. The lowest BCUT2D eigenvalue weighted by Gasteiger charge is -2.10. The molecule has 1 aliphatic carbocycles. The first-order valence-electron chi connectivity index (χ1n) is 6.39. The van der Waals surface area contributed by atoms with E-state index < -0.39 is 0 Å². The Morgan fingerprint density at radius 1 is 1.19 bits per heavy atom. The molecule has 1 aromatic carbocycles. The van der Waals surface area contributed by atoms with E-state index >= 15 is 0 Å². The zero-order valence-corrected chi connectivity index (χ0v) is 11.1. The van der Waals surface area contributed by atoms with Crippen LogP contribution in [-0.2, 0) is 12.8 Å². The zero-order valence-electron chi connectivity index (χ0n) is 11.1. The van der Waals surface area contributed by atoms with Crippen molar-refractivity contribution in [1.29, 1.82) is 0 Å². The molecule has 0 N–H and O–H groups in total. The van der Waals surface area contributed by atoms with Crippen LogP contribution in [0.1, 0.15) is 57.2 Å². The van der Waals surface area contributed by atoms with Gasteiger partial charge in [0.15, 0.2) is 0 Å². The molecule has 1 atom stereocenters. The van der Waals surface area contributed by atoms with Crippen molar-refractivity contribution in [2.45, 2.75) is 53.4 Å². The Bertz CT molecular complexity index is 353. The second-order valence-electron chi connectivity index (χ2n) is 4.77. The van der Waals surface area contributed by atoms with Crippen LogP contribution in [0.4, 0.5) is 4.39 Å². The van der Waals surface area contributed by atoms with E-state index in [2.05, 4.69) is 13.0 Å². The van der Waals surface area contributed by atoms with Crippen LogP contribution in [0.5, 0.6) is 0 Å². The molecule has 1 aromatic rings. The Hall–Kier alpha value is -0.850. The van der Waals surface area contributed by atoms with Gasteiger partial charge in [-0.25, -0.2) is 4.39 Å². The molecule has 0 amide bonds. The molecular formula is C15H23F. The van der Waals surface area contributed by atoms with E-state index in [0.717, 1.165) is 24.0 Å². The first-order chi connectivity index (χ1) is 7.59. The van der Waals surface area contributed by atoms with E-state index in [0.29, 0.717) is 5.92 Å². The van der Waals surface area contributed by atoms with Crippen LogP contribution in [-0.4, -0.2) is 0 Å². The summed E-state index contributed by atoms with van der Waals surface area (Å²) in [5.74, 6) is 0.958. The van der Waals surface area contributed by atoms with E-state index in [-0.39, 0.29) is 11.7 Å². The molecule has 0 bridgehead atoms. The Morgan fingerprint density at radius 2 is 1.81 bits per heavy atom. The third-order valence-electron chi connectivity index (χ3n) is 3.11. The first-order valence-corrected chi connectivity index (χ1v) is 6.39. The predicted octanol–water partition coefficient (Wildman–Crippen LogP) is 4.71. The van der Waals surface area contributed by atoms with Crippen molar-refractivity contribution in [3.63, 3.8) is 0 Å². The summed E-state index contributed by atoms with van der Waals surface area (Å²) in [5.41, 5.74) is 3.07. The molecule has 0 saturated heterocycles. The van der Waals surface area contributed by atoms with Gasteiger partial charge in [-0.2, -0.15) is 0 Å². The molecule has 0 aliphatic heterocycles. The topological polar surface area (TPSA) is 0 Å². The number of rotatable bonds is 1. The van der Waals surface area contributed by atoms with Gasteiger partial charge in [0, 0.05) is 0 Å². The van der Waals surface area contributed by atoms with Gasteiger partial charge in [-0.3, -0.25) is 0 Å².